The molecule has 0 radical (unpaired) electrons. The zero-order valence-electron chi connectivity index (χ0n) is 9.02. The van der Waals surface area contributed by atoms with Crippen LogP contribution in [0.25, 0.3) is 0 Å². The monoisotopic (exact) mass is 221 g/mol. The number of amides is 1. The summed E-state index contributed by atoms with van der Waals surface area (Å²) >= 11 is 0. The smallest absolute Gasteiger partial charge is 0.258 e. The normalized spacial score (nSPS) is 19.4. The van der Waals surface area contributed by atoms with Crippen molar-refractivity contribution in [3.63, 3.8) is 0 Å². The summed E-state index contributed by atoms with van der Waals surface area (Å²) in [6.45, 7) is 1.39. The van der Waals surface area contributed by atoms with Crippen LogP contribution in [0.2, 0.25) is 0 Å². The van der Waals surface area contributed by atoms with Gasteiger partial charge in [-0.15, -0.1) is 0 Å². The maximum atomic E-state index is 11.5. The zero-order chi connectivity index (χ0) is 11.2. The van der Waals surface area contributed by atoms with Gasteiger partial charge in [-0.3, -0.25) is 4.79 Å². The van der Waals surface area contributed by atoms with Crippen molar-refractivity contribution < 1.29 is 14.3 Å². The molecular weight excluding hydrogens is 206 g/mol. The lowest BCUT2D eigenvalue weighted by molar-refractivity contribution is -0.123. The van der Waals surface area contributed by atoms with Crippen LogP contribution in [0, 0.1) is 0 Å². The Morgan fingerprint density at radius 1 is 1.44 bits per heavy atom. The average molecular weight is 221 g/mol. The number of hydrogen-bond acceptors (Lipinski definition) is 3. The van der Waals surface area contributed by atoms with Crippen LogP contribution < -0.4 is 10.1 Å². The molecule has 0 spiro atoms. The van der Waals surface area contributed by atoms with E-state index in [9.17, 15) is 4.79 Å². The van der Waals surface area contributed by atoms with Gasteiger partial charge in [0.1, 0.15) is 5.75 Å². The largest absolute Gasteiger partial charge is 0.484 e. The van der Waals surface area contributed by atoms with Crippen LogP contribution in [0.15, 0.2) is 30.3 Å². The van der Waals surface area contributed by atoms with Crippen LogP contribution >= 0.6 is 0 Å². The van der Waals surface area contributed by atoms with E-state index in [4.69, 9.17) is 9.47 Å². The van der Waals surface area contributed by atoms with Crippen LogP contribution in [0.4, 0.5) is 0 Å². The first kappa shape index (κ1) is 11.0. The molecule has 4 heteroatoms. The summed E-state index contributed by atoms with van der Waals surface area (Å²) < 4.78 is 10.5. The van der Waals surface area contributed by atoms with Gasteiger partial charge in [0, 0.05) is 6.61 Å². The Morgan fingerprint density at radius 3 is 2.94 bits per heavy atom. The Labute approximate surface area is 94.6 Å². The van der Waals surface area contributed by atoms with Gasteiger partial charge in [-0.1, -0.05) is 18.2 Å². The third-order valence-electron chi connectivity index (χ3n) is 2.41. The van der Waals surface area contributed by atoms with Crippen molar-refractivity contribution in [3.05, 3.63) is 30.3 Å². The van der Waals surface area contributed by atoms with Crippen molar-refractivity contribution in [1.29, 1.82) is 0 Å². The molecule has 1 aliphatic rings. The molecule has 1 atom stereocenters. The van der Waals surface area contributed by atoms with E-state index >= 15 is 0 Å². The summed E-state index contributed by atoms with van der Waals surface area (Å²) in [5, 5.41) is 2.86. The first-order chi connectivity index (χ1) is 7.84. The Balaban J connectivity index is 1.71. The summed E-state index contributed by atoms with van der Waals surface area (Å²) in [6, 6.07) is 9.45. The van der Waals surface area contributed by atoms with E-state index in [2.05, 4.69) is 5.32 Å². The van der Waals surface area contributed by atoms with E-state index in [1.807, 2.05) is 30.3 Å². The fourth-order valence-corrected chi connectivity index (χ4v) is 1.58. The first-order valence-electron chi connectivity index (χ1n) is 5.39. The molecular formula is C12H15NO3. The second-order valence-electron chi connectivity index (χ2n) is 3.73. The molecule has 1 aromatic rings. The Kier molecular flexibility index (Phi) is 3.77. The van der Waals surface area contributed by atoms with Gasteiger partial charge in [-0.25, -0.2) is 0 Å². The predicted octanol–water partition coefficient (Wildman–Crippen LogP) is 0.970. The van der Waals surface area contributed by atoms with Gasteiger partial charge >= 0.3 is 0 Å². The molecule has 1 heterocycles. The summed E-state index contributed by atoms with van der Waals surface area (Å²) in [5.74, 6) is 0.611. The van der Waals surface area contributed by atoms with Gasteiger partial charge in [0.05, 0.1) is 12.6 Å². The lowest BCUT2D eigenvalue weighted by Crippen LogP contribution is -2.38. The van der Waals surface area contributed by atoms with Crippen LogP contribution in [0.5, 0.6) is 5.75 Å². The molecule has 1 unspecified atom stereocenters. The molecule has 0 aromatic heterocycles. The molecule has 16 heavy (non-hydrogen) atoms. The number of para-hydroxylation sites is 1. The third kappa shape index (κ3) is 3.24. The second kappa shape index (κ2) is 5.51. The fourth-order valence-electron chi connectivity index (χ4n) is 1.58. The fraction of sp³-hybridized carbons (Fsp3) is 0.417. The minimum absolute atomic E-state index is 0.0561. The molecule has 1 fully saturated rings. The molecule has 0 saturated carbocycles. The molecule has 1 saturated heterocycles. The maximum absolute atomic E-state index is 11.5. The predicted molar refractivity (Wildman–Crippen MR) is 59.3 cm³/mol. The van der Waals surface area contributed by atoms with Crippen LogP contribution in [0.1, 0.15) is 6.42 Å². The number of carbonyl (C=O) groups is 1. The lowest BCUT2D eigenvalue weighted by Gasteiger charge is -2.11. The number of ether oxygens (including phenoxy) is 2. The highest BCUT2D eigenvalue weighted by Gasteiger charge is 2.17. The second-order valence-corrected chi connectivity index (χ2v) is 3.73. The van der Waals surface area contributed by atoms with Gasteiger partial charge < -0.3 is 14.8 Å². The molecule has 4 nitrogen and oxygen atoms in total. The number of nitrogens with one attached hydrogen (secondary N) is 1. The summed E-state index contributed by atoms with van der Waals surface area (Å²) in [5.41, 5.74) is 0. The number of rotatable bonds is 4. The lowest BCUT2D eigenvalue weighted by atomic mass is 10.2. The Bertz CT molecular complexity index is 333. The van der Waals surface area contributed by atoms with Gasteiger partial charge in [0.2, 0.25) is 0 Å². The van der Waals surface area contributed by atoms with Crippen molar-refractivity contribution in [2.75, 3.05) is 19.8 Å². The SMILES string of the molecule is O=C(COc1ccccc1)NC1CCOC1. The van der Waals surface area contributed by atoms with Gasteiger partial charge in [0.15, 0.2) is 6.61 Å². The highest BCUT2D eigenvalue weighted by Crippen LogP contribution is 2.08. The third-order valence-corrected chi connectivity index (χ3v) is 2.41. The van der Waals surface area contributed by atoms with Crippen molar-refractivity contribution in [3.8, 4) is 5.75 Å². The van der Waals surface area contributed by atoms with E-state index < -0.39 is 0 Å². The molecule has 0 bridgehead atoms. The molecule has 2 rings (SSSR count). The van der Waals surface area contributed by atoms with E-state index in [1.165, 1.54) is 0 Å². The zero-order valence-corrected chi connectivity index (χ0v) is 9.02. The molecule has 1 aliphatic heterocycles. The quantitative estimate of drug-likeness (QED) is 0.824. The van der Waals surface area contributed by atoms with Crippen molar-refractivity contribution in [2.45, 2.75) is 12.5 Å². The van der Waals surface area contributed by atoms with E-state index in [0.717, 1.165) is 13.0 Å². The summed E-state index contributed by atoms with van der Waals surface area (Å²) in [6.07, 6.45) is 0.886. The first-order valence-corrected chi connectivity index (χ1v) is 5.39. The topological polar surface area (TPSA) is 47.6 Å². The van der Waals surface area contributed by atoms with E-state index in [1.54, 1.807) is 0 Å². The van der Waals surface area contributed by atoms with Crippen LogP contribution in [-0.4, -0.2) is 31.8 Å². The van der Waals surface area contributed by atoms with Crippen LogP contribution in [0.3, 0.4) is 0 Å². The summed E-state index contributed by atoms with van der Waals surface area (Å²) in [4.78, 5) is 11.5. The Morgan fingerprint density at radius 2 is 2.25 bits per heavy atom. The van der Waals surface area contributed by atoms with Crippen molar-refractivity contribution in [2.24, 2.45) is 0 Å². The molecule has 1 aromatic carbocycles. The van der Waals surface area contributed by atoms with Gasteiger partial charge in [-0.2, -0.15) is 0 Å². The molecule has 0 aliphatic carbocycles. The summed E-state index contributed by atoms with van der Waals surface area (Å²) in [7, 11) is 0. The standard InChI is InChI=1S/C12H15NO3/c14-12(13-10-6-7-15-8-10)9-16-11-4-2-1-3-5-11/h1-5,10H,6-9H2,(H,13,14). The van der Waals surface area contributed by atoms with Crippen molar-refractivity contribution >= 4 is 5.91 Å². The molecule has 86 valence electrons. The highest BCUT2D eigenvalue weighted by atomic mass is 16.5. The minimum atomic E-state index is -0.0978. The highest BCUT2D eigenvalue weighted by molar-refractivity contribution is 5.77. The van der Waals surface area contributed by atoms with Gasteiger partial charge in [0.25, 0.3) is 5.91 Å². The number of carbonyl (C=O) groups excluding carboxylic acids is 1. The number of benzene rings is 1. The van der Waals surface area contributed by atoms with E-state index in [0.29, 0.717) is 12.4 Å². The van der Waals surface area contributed by atoms with E-state index in [-0.39, 0.29) is 18.6 Å². The minimum Gasteiger partial charge on any atom is -0.484 e. The molecule has 1 amide bonds. The van der Waals surface area contributed by atoms with Gasteiger partial charge in [-0.05, 0) is 18.6 Å². The van der Waals surface area contributed by atoms with Crippen molar-refractivity contribution in [1.82, 2.24) is 5.32 Å². The van der Waals surface area contributed by atoms with Crippen LogP contribution in [-0.2, 0) is 9.53 Å². The Hall–Kier alpha value is -1.55. The number of hydrogen-bond donors (Lipinski definition) is 1. The average Bonchev–Trinajstić information content (AvgIpc) is 2.81. The maximum Gasteiger partial charge on any atom is 0.258 e. The molecule has 1 N–H and O–H groups in total.